The zero-order valence-electron chi connectivity index (χ0n) is 48.3. The molecule has 3 unspecified atom stereocenters. The minimum Gasteiger partial charge on any atom is -0.497 e. The molecule has 442 valence electrons. The summed E-state index contributed by atoms with van der Waals surface area (Å²) in [4.78, 5) is 106. The van der Waals surface area contributed by atoms with Gasteiger partial charge in [0, 0.05) is 79.9 Å². The predicted molar refractivity (Wildman–Crippen MR) is 326 cm³/mol. The maximum absolute atomic E-state index is 13.4. The lowest BCUT2D eigenvalue weighted by atomic mass is 10.0. The Morgan fingerprint density at radius 1 is 0.659 bits per heavy atom. The van der Waals surface area contributed by atoms with Crippen molar-refractivity contribution in [1.82, 2.24) is 25.4 Å². The number of pyridine rings is 1. The molecule has 3 atom stereocenters. The van der Waals surface area contributed by atoms with Gasteiger partial charge in [-0.25, -0.2) is 4.98 Å². The lowest BCUT2D eigenvalue weighted by Crippen LogP contribution is -2.51. The molecule has 0 aliphatic carbocycles. The van der Waals surface area contributed by atoms with E-state index < -0.39 is 48.0 Å². The third kappa shape index (κ3) is 16.6. The molecule has 5 amide bonds. The van der Waals surface area contributed by atoms with Crippen LogP contribution in [0.1, 0.15) is 75.3 Å². The summed E-state index contributed by atoms with van der Waals surface area (Å²) in [5, 5.41) is 12.9. The first kappa shape index (κ1) is 62.2. The van der Waals surface area contributed by atoms with Crippen molar-refractivity contribution >= 4 is 94.4 Å². The zero-order chi connectivity index (χ0) is 61.2. The van der Waals surface area contributed by atoms with Gasteiger partial charge in [-0.15, -0.1) is 0 Å². The first-order valence-corrected chi connectivity index (χ1v) is 27.0. The minimum atomic E-state index is -1.07. The SMILES string of the molecule is C=CC(=O)Nc1cc(C(=O)NC(C(=O)NCC(=O)Nc2ccc(C3=CN(C)C(C=Nc4cc(OCCCOc5cc(N=CC6CC(c7ccc(OC)cc7)=CN6C)c(C=O)cc5OC)c(OC)cc4C=O)C3)cc2)C(C)C)cc(NC(=O)C=C)n1. The number of carbonyl (C=O) groups excluding carboxylic acids is 7. The maximum Gasteiger partial charge on any atom is 0.252 e. The standard InChI is InChI=1S/C63H68N10O12/c1-10-58(76)69-56-27-41(28-57(68-56)70-59(77)11-2)62(79)71-61(38(3)4)63(80)66-33-60(78)67-46-17-13-39(14-18-46)42-23-47(72(5)34-42)31-64-50-29-54(52(82-8)25-44(50)36-74)84-21-12-22-85-55-30-51(45(37-75)26-53(55)83-9)65-32-48-24-43(35-73(48)6)40-15-19-49(81-7)20-16-40/h10-11,13-20,25-32,34-38,47-48,61H,1-2,12,21-24,33H2,3-9H3,(H,66,80)(H,67,78)(H,71,79)(H2,68,69,70,76,77). The molecule has 4 aromatic carbocycles. The number of aliphatic imine (C=N–C) groups is 2. The Morgan fingerprint density at radius 2 is 1.14 bits per heavy atom. The van der Waals surface area contributed by atoms with Crippen LogP contribution in [0.4, 0.5) is 28.7 Å². The van der Waals surface area contributed by atoms with Crippen molar-refractivity contribution in [3.8, 4) is 28.7 Å². The molecule has 22 heteroatoms. The van der Waals surface area contributed by atoms with Crippen LogP contribution in [0.5, 0.6) is 28.7 Å². The Hall–Kier alpha value is -10.4. The van der Waals surface area contributed by atoms with Gasteiger partial charge in [0.25, 0.3) is 5.91 Å². The number of methoxy groups -OCH3 is 3. The topological polar surface area (TPSA) is 270 Å². The summed E-state index contributed by atoms with van der Waals surface area (Å²) in [6.07, 6.45) is 12.9. The molecular formula is C63H68N10O12. The van der Waals surface area contributed by atoms with E-state index in [2.05, 4.69) is 55.8 Å². The first-order valence-electron chi connectivity index (χ1n) is 27.0. The highest BCUT2D eigenvalue weighted by Gasteiger charge is 2.27. The number of ether oxygens (including phenoxy) is 5. The molecule has 0 spiro atoms. The number of aromatic nitrogens is 1. The van der Waals surface area contributed by atoms with Crippen LogP contribution in [-0.4, -0.2) is 143 Å². The number of carbonyl (C=O) groups is 7. The highest BCUT2D eigenvalue weighted by molar-refractivity contribution is 6.04. The van der Waals surface area contributed by atoms with Crippen molar-refractivity contribution in [3.63, 3.8) is 0 Å². The monoisotopic (exact) mass is 1160 g/mol. The molecule has 2 aliphatic rings. The summed E-state index contributed by atoms with van der Waals surface area (Å²) in [7, 11) is 8.53. The number of amides is 5. The van der Waals surface area contributed by atoms with Crippen LogP contribution < -0.4 is 50.3 Å². The number of hydrogen-bond acceptors (Lipinski definition) is 17. The van der Waals surface area contributed by atoms with E-state index in [1.807, 2.05) is 67.8 Å². The molecule has 0 saturated carbocycles. The molecular weight excluding hydrogens is 1090 g/mol. The molecule has 5 aromatic rings. The Bertz CT molecular complexity index is 3410. The van der Waals surface area contributed by atoms with Crippen LogP contribution in [0, 0.1) is 5.92 Å². The Kier molecular flexibility index (Phi) is 21.6. The highest BCUT2D eigenvalue weighted by atomic mass is 16.5. The molecule has 22 nitrogen and oxygen atoms in total. The van der Waals surface area contributed by atoms with Crippen molar-refractivity contribution in [1.29, 1.82) is 0 Å². The van der Waals surface area contributed by atoms with E-state index in [9.17, 15) is 33.6 Å². The van der Waals surface area contributed by atoms with Crippen molar-refractivity contribution in [3.05, 3.63) is 150 Å². The number of aldehydes is 2. The molecule has 7 rings (SSSR count). The van der Waals surface area contributed by atoms with Gasteiger partial charge in [-0.3, -0.25) is 43.5 Å². The number of anilines is 3. The van der Waals surface area contributed by atoms with Gasteiger partial charge in [-0.05, 0) is 102 Å². The minimum absolute atomic E-state index is 0.0242. The summed E-state index contributed by atoms with van der Waals surface area (Å²) in [6.45, 7) is 10.3. The van der Waals surface area contributed by atoms with E-state index in [-0.39, 0.29) is 42.5 Å². The van der Waals surface area contributed by atoms with Crippen molar-refractivity contribution in [2.45, 2.75) is 51.2 Å². The number of nitrogens with zero attached hydrogens (tertiary/aromatic N) is 5. The molecule has 3 heterocycles. The molecule has 0 bridgehead atoms. The average molecular weight is 1160 g/mol. The largest absolute Gasteiger partial charge is 0.497 e. The van der Waals surface area contributed by atoms with Crippen LogP contribution >= 0.6 is 0 Å². The van der Waals surface area contributed by atoms with E-state index in [0.29, 0.717) is 70.3 Å². The van der Waals surface area contributed by atoms with E-state index in [1.54, 1.807) is 63.6 Å². The smallest absolute Gasteiger partial charge is 0.252 e. The van der Waals surface area contributed by atoms with Crippen LogP contribution in [0.25, 0.3) is 11.1 Å². The van der Waals surface area contributed by atoms with Gasteiger partial charge < -0.3 is 60.1 Å². The Morgan fingerprint density at radius 3 is 1.58 bits per heavy atom. The van der Waals surface area contributed by atoms with Gasteiger partial charge in [0.05, 0.1) is 64.5 Å². The molecule has 2 aliphatic heterocycles. The summed E-state index contributed by atoms with van der Waals surface area (Å²) in [5.41, 5.74) is 6.09. The van der Waals surface area contributed by atoms with Crippen LogP contribution in [0.15, 0.2) is 133 Å². The number of hydrogen-bond donors (Lipinski definition) is 5. The molecule has 0 fully saturated rings. The lowest BCUT2D eigenvalue weighted by Gasteiger charge is -2.22. The normalized spacial score (nSPS) is 14.9. The highest BCUT2D eigenvalue weighted by Crippen LogP contribution is 2.38. The third-order valence-electron chi connectivity index (χ3n) is 13.7. The van der Waals surface area contributed by atoms with E-state index in [1.165, 1.54) is 26.4 Å². The van der Waals surface area contributed by atoms with Gasteiger partial charge in [0.2, 0.25) is 23.6 Å². The first-order chi connectivity index (χ1) is 40.9. The van der Waals surface area contributed by atoms with Gasteiger partial charge in [-0.1, -0.05) is 51.3 Å². The second-order valence-corrected chi connectivity index (χ2v) is 19.9. The van der Waals surface area contributed by atoms with E-state index in [0.717, 1.165) is 52.9 Å². The number of benzene rings is 4. The molecule has 85 heavy (non-hydrogen) atoms. The van der Waals surface area contributed by atoms with Gasteiger partial charge in [0.1, 0.15) is 23.4 Å². The van der Waals surface area contributed by atoms with Crippen molar-refractivity contribution in [2.24, 2.45) is 15.9 Å². The third-order valence-corrected chi connectivity index (χ3v) is 13.7. The van der Waals surface area contributed by atoms with Gasteiger partial charge in [-0.2, -0.15) is 0 Å². The van der Waals surface area contributed by atoms with E-state index >= 15 is 0 Å². The fourth-order valence-corrected chi connectivity index (χ4v) is 9.03. The Balaban J connectivity index is 0.897. The van der Waals surface area contributed by atoms with Crippen LogP contribution in [-0.2, 0) is 19.2 Å². The quantitative estimate of drug-likeness (QED) is 0.0137. The van der Waals surface area contributed by atoms with Crippen molar-refractivity contribution < 1.29 is 57.2 Å². The maximum atomic E-state index is 13.4. The van der Waals surface area contributed by atoms with E-state index in [4.69, 9.17) is 33.7 Å². The molecule has 0 radical (unpaired) electrons. The summed E-state index contributed by atoms with van der Waals surface area (Å²) in [5.74, 6) is -1.26. The Labute approximate surface area is 492 Å². The number of rotatable bonds is 28. The fourth-order valence-electron chi connectivity index (χ4n) is 9.03. The second kappa shape index (κ2) is 29.6. The number of nitrogens with one attached hydrogen (secondary N) is 5. The van der Waals surface area contributed by atoms with Gasteiger partial charge >= 0.3 is 0 Å². The van der Waals surface area contributed by atoms with Crippen LogP contribution in [0.3, 0.4) is 0 Å². The zero-order valence-corrected chi connectivity index (χ0v) is 48.3. The van der Waals surface area contributed by atoms with Crippen molar-refractivity contribution in [2.75, 3.05) is 71.1 Å². The molecule has 1 aromatic heterocycles. The van der Waals surface area contributed by atoms with Gasteiger partial charge in [0.15, 0.2) is 35.6 Å². The lowest BCUT2D eigenvalue weighted by molar-refractivity contribution is -0.126. The second-order valence-electron chi connectivity index (χ2n) is 19.9. The fraction of sp³-hybridized carbons (Fsp3) is 0.270. The van der Waals surface area contributed by atoms with Crippen LogP contribution in [0.2, 0.25) is 0 Å². The summed E-state index contributed by atoms with van der Waals surface area (Å²) < 4.78 is 28.8. The predicted octanol–water partition coefficient (Wildman–Crippen LogP) is 8.23. The molecule has 0 saturated heterocycles. The summed E-state index contributed by atoms with van der Waals surface area (Å²) in [6, 6.07) is 22.9. The summed E-state index contributed by atoms with van der Waals surface area (Å²) >= 11 is 0. The molecule has 5 N–H and O–H groups in total. The average Bonchev–Trinajstić information content (AvgIpc) is 4.10.